The molecule has 0 spiro atoms. The molecule has 1 aromatic carbocycles. The van der Waals surface area contributed by atoms with Crippen LogP contribution in [0.5, 0.6) is 0 Å². The van der Waals surface area contributed by atoms with Gasteiger partial charge in [-0.25, -0.2) is 14.8 Å². The number of hydrogen-bond donors (Lipinski definition) is 1. The lowest BCUT2D eigenvalue weighted by Crippen LogP contribution is -2.23. The molecule has 1 amide bonds. The molecule has 0 saturated heterocycles. The molecule has 0 bridgehead atoms. The molecule has 156 valence electrons. The quantitative estimate of drug-likeness (QED) is 0.334. The molecule has 30 heavy (non-hydrogen) atoms. The number of carbonyl (C=O) groups excluding carboxylic acids is 2. The fourth-order valence-corrected chi connectivity index (χ4v) is 5.77. The summed E-state index contributed by atoms with van der Waals surface area (Å²) in [4.78, 5) is 35.4. The van der Waals surface area contributed by atoms with Crippen LogP contribution in [0.3, 0.4) is 0 Å². The van der Waals surface area contributed by atoms with E-state index < -0.39 is 5.25 Å². The van der Waals surface area contributed by atoms with E-state index in [0.717, 1.165) is 47.2 Å². The third-order valence-corrected chi connectivity index (χ3v) is 7.37. The van der Waals surface area contributed by atoms with E-state index >= 15 is 0 Å². The van der Waals surface area contributed by atoms with Gasteiger partial charge in [0.2, 0.25) is 5.91 Å². The average molecular weight is 442 g/mol. The summed E-state index contributed by atoms with van der Waals surface area (Å²) >= 11 is 2.89. The van der Waals surface area contributed by atoms with Gasteiger partial charge in [0.05, 0.1) is 22.9 Å². The monoisotopic (exact) mass is 441 g/mol. The van der Waals surface area contributed by atoms with Crippen molar-refractivity contribution in [2.24, 2.45) is 0 Å². The highest BCUT2D eigenvalue weighted by Crippen LogP contribution is 2.39. The van der Waals surface area contributed by atoms with Crippen molar-refractivity contribution < 1.29 is 14.3 Å². The van der Waals surface area contributed by atoms with Crippen molar-refractivity contribution >= 4 is 50.9 Å². The van der Waals surface area contributed by atoms with Gasteiger partial charge in [0, 0.05) is 10.3 Å². The van der Waals surface area contributed by atoms with E-state index in [2.05, 4.69) is 15.3 Å². The first-order valence-electron chi connectivity index (χ1n) is 10.1. The van der Waals surface area contributed by atoms with Crippen LogP contribution in [0.25, 0.3) is 10.9 Å². The number of hydrogen-bond acceptors (Lipinski definition) is 7. The second-order valence-electron chi connectivity index (χ2n) is 7.08. The number of thioether (sulfide) groups is 1. The zero-order valence-corrected chi connectivity index (χ0v) is 18.6. The lowest BCUT2D eigenvalue weighted by molar-refractivity contribution is -0.115. The summed E-state index contributed by atoms with van der Waals surface area (Å²) in [7, 11) is 0. The van der Waals surface area contributed by atoms with Crippen LogP contribution in [0.1, 0.15) is 47.5 Å². The van der Waals surface area contributed by atoms with Crippen molar-refractivity contribution in [3.05, 3.63) is 46.6 Å². The van der Waals surface area contributed by atoms with Crippen molar-refractivity contribution in [3.8, 4) is 0 Å². The molecule has 1 N–H and O–H groups in total. The first kappa shape index (κ1) is 20.8. The number of anilines is 1. The molecular weight excluding hydrogens is 418 g/mol. The fraction of sp³-hybridized carbons (Fsp3) is 0.364. The Labute approximate surface area is 183 Å². The molecule has 1 atom stereocenters. The van der Waals surface area contributed by atoms with Crippen LogP contribution in [0.4, 0.5) is 5.00 Å². The molecule has 0 saturated carbocycles. The van der Waals surface area contributed by atoms with Crippen molar-refractivity contribution in [2.75, 3.05) is 11.9 Å². The lowest BCUT2D eigenvalue weighted by atomic mass is 9.95. The standard InChI is InChI=1S/C22H23N3O3S2/c1-3-28-22(27)18-15-9-5-7-11-17(15)30-21(18)25-19(26)13(2)29-20-14-8-4-6-10-16(14)23-12-24-20/h4,6,8,10,12-13H,3,5,7,9,11H2,1-2H3,(H,25,26). The Morgan fingerprint density at radius 1 is 1.23 bits per heavy atom. The molecule has 4 rings (SSSR count). The smallest absolute Gasteiger partial charge is 0.341 e. The Balaban J connectivity index is 1.56. The van der Waals surface area contributed by atoms with Gasteiger partial charge in [0.15, 0.2) is 0 Å². The SMILES string of the molecule is CCOC(=O)c1c(NC(=O)C(C)Sc2ncnc3ccccc23)sc2c1CCCC2. The van der Waals surface area contributed by atoms with Crippen LogP contribution >= 0.6 is 23.1 Å². The second-order valence-corrected chi connectivity index (χ2v) is 9.52. The Morgan fingerprint density at radius 3 is 2.87 bits per heavy atom. The first-order chi connectivity index (χ1) is 14.6. The van der Waals surface area contributed by atoms with Gasteiger partial charge in [0.1, 0.15) is 16.4 Å². The highest BCUT2D eigenvalue weighted by Gasteiger charge is 2.28. The maximum Gasteiger partial charge on any atom is 0.341 e. The van der Waals surface area contributed by atoms with Gasteiger partial charge in [-0.15, -0.1) is 11.3 Å². The number of ether oxygens (including phenoxy) is 1. The number of rotatable bonds is 6. The van der Waals surface area contributed by atoms with E-state index in [-0.39, 0.29) is 11.9 Å². The Hall–Kier alpha value is -2.45. The number of aromatic nitrogens is 2. The van der Waals surface area contributed by atoms with Gasteiger partial charge in [0.25, 0.3) is 0 Å². The predicted octanol–water partition coefficient (Wildman–Crippen LogP) is 4.87. The molecule has 2 heterocycles. The third-order valence-electron chi connectivity index (χ3n) is 5.05. The summed E-state index contributed by atoms with van der Waals surface area (Å²) in [6.45, 7) is 3.94. The Morgan fingerprint density at radius 2 is 2.03 bits per heavy atom. The molecule has 2 aromatic heterocycles. The zero-order chi connectivity index (χ0) is 21.1. The van der Waals surface area contributed by atoms with Gasteiger partial charge >= 0.3 is 5.97 Å². The van der Waals surface area contributed by atoms with Crippen LogP contribution in [-0.2, 0) is 22.4 Å². The van der Waals surface area contributed by atoms with Crippen molar-refractivity contribution in [2.45, 2.75) is 49.8 Å². The maximum absolute atomic E-state index is 13.0. The summed E-state index contributed by atoms with van der Waals surface area (Å²) < 4.78 is 5.27. The molecule has 0 aliphatic heterocycles. The first-order valence-corrected chi connectivity index (χ1v) is 11.8. The number of esters is 1. The van der Waals surface area contributed by atoms with Crippen molar-refractivity contribution in [1.82, 2.24) is 9.97 Å². The third kappa shape index (κ3) is 4.20. The number of aryl methyl sites for hydroxylation is 1. The van der Waals surface area contributed by atoms with E-state index in [1.54, 1.807) is 6.92 Å². The molecule has 1 unspecified atom stereocenters. The Kier molecular flexibility index (Phi) is 6.34. The Bertz CT molecular complexity index is 1090. The molecule has 1 aliphatic carbocycles. The van der Waals surface area contributed by atoms with Crippen LogP contribution in [0, 0.1) is 0 Å². The number of nitrogens with one attached hydrogen (secondary N) is 1. The van der Waals surface area contributed by atoms with E-state index in [0.29, 0.717) is 17.2 Å². The number of carbonyl (C=O) groups is 2. The molecule has 0 radical (unpaired) electrons. The zero-order valence-electron chi connectivity index (χ0n) is 16.9. The van der Waals surface area contributed by atoms with Crippen LogP contribution in [-0.4, -0.2) is 33.7 Å². The molecule has 6 nitrogen and oxygen atoms in total. The largest absolute Gasteiger partial charge is 0.462 e. The van der Waals surface area contributed by atoms with E-state index in [1.165, 1.54) is 34.3 Å². The van der Waals surface area contributed by atoms with Crippen LogP contribution < -0.4 is 5.32 Å². The van der Waals surface area contributed by atoms with Crippen molar-refractivity contribution in [1.29, 1.82) is 0 Å². The molecule has 3 aromatic rings. The minimum absolute atomic E-state index is 0.160. The fourth-order valence-electron chi connectivity index (χ4n) is 3.58. The van der Waals surface area contributed by atoms with Gasteiger partial charge < -0.3 is 10.1 Å². The minimum Gasteiger partial charge on any atom is -0.462 e. The number of benzene rings is 1. The topological polar surface area (TPSA) is 81.2 Å². The second kappa shape index (κ2) is 9.14. The highest BCUT2D eigenvalue weighted by molar-refractivity contribution is 8.00. The number of nitrogens with zero attached hydrogens (tertiary/aromatic N) is 2. The summed E-state index contributed by atoms with van der Waals surface area (Å²) in [5.41, 5.74) is 2.43. The minimum atomic E-state index is -0.391. The normalized spacial score (nSPS) is 14.2. The van der Waals surface area contributed by atoms with E-state index in [4.69, 9.17) is 4.74 Å². The molecular formula is C22H23N3O3S2. The maximum atomic E-state index is 13.0. The molecule has 0 fully saturated rings. The predicted molar refractivity (Wildman–Crippen MR) is 120 cm³/mol. The molecule has 8 heteroatoms. The number of amides is 1. The van der Waals surface area contributed by atoms with E-state index in [9.17, 15) is 9.59 Å². The summed E-state index contributed by atoms with van der Waals surface area (Å²) in [6, 6.07) is 7.74. The van der Waals surface area contributed by atoms with Crippen molar-refractivity contribution in [3.63, 3.8) is 0 Å². The molecule has 1 aliphatic rings. The van der Waals surface area contributed by atoms with Gasteiger partial charge in [-0.3, -0.25) is 4.79 Å². The van der Waals surface area contributed by atoms with E-state index in [1.807, 2.05) is 31.2 Å². The number of fused-ring (bicyclic) bond motifs is 2. The summed E-state index contributed by atoms with van der Waals surface area (Å²) in [5, 5.41) is 4.88. The summed E-state index contributed by atoms with van der Waals surface area (Å²) in [6.07, 6.45) is 5.47. The lowest BCUT2D eigenvalue weighted by Gasteiger charge is -2.14. The number of para-hydroxylation sites is 1. The number of thiophene rings is 1. The summed E-state index contributed by atoms with van der Waals surface area (Å²) in [5.74, 6) is -0.513. The van der Waals surface area contributed by atoms with Gasteiger partial charge in [-0.2, -0.15) is 0 Å². The van der Waals surface area contributed by atoms with Gasteiger partial charge in [-0.1, -0.05) is 30.0 Å². The van der Waals surface area contributed by atoms with Gasteiger partial charge in [-0.05, 0) is 51.2 Å². The highest BCUT2D eigenvalue weighted by atomic mass is 32.2. The van der Waals surface area contributed by atoms with Crippen LogP contribution in [0.15, 0.2) is 35.6 Å². The average Bonchev–Trinajstić information content (AvgIpc) is 3.12. The van der Waals surface area contributed by atoms with Crippen LogP contribution in [0.2, 0.25) is 0 Å².